The fourth-order valence-corrected chi connectivity index (χ4v) is 3.71. The number of halogens is 1. The van der Waals surface area contributed by atoms with Crippen molar-refractivity contribution >= 4 is 22.9 Å². The van der Waals surface area contributed by atoms with Gasteiger partial charge in [-0.3, -0.25) is 0 Å². The van der Waals surface area contributed by atoms with E-state index >= 15 is 0 Å². The van der Waals surface area contributed by atoms with E-state index in [0.29, 0.717) is 31.6 Å². The van der Waals surface area contributed by atoms with Gasteiger partial charge in [0, 0.05) is 42.2 Å². The summed E-state index contributed by atoms with van der Waals surface area (Å²) in [6, 6.07) is 6.70. The molecule has 0 bridgehead atoms. The molecule has 0 radical (unpaired) electrons. The van der Waals surface area contributed by atoms with Crippen LogP contribution >= 0.6 is 11.3 Å². The average Bonchev–Trinajstić information content (AvgIpc) is 3.06. The lowest BCUT2D eigenvalue weighted by molar-refractivity contribution is 0.202. The molecule has 1 aliphatic heterocycles. The lowest BCUT2D eigenvalue weighted by atomic mass is 9.99. The summed E-state index contributed by atoms with van der Waals surface area (Å²) < 4.78 is 13.9. The highest BCUT2D eigenvalue weighted by Crippen LogP contribution is 2.24. The van der Waals surface area contributed by atoms with Crippen molar-refractivity contribution in [3.05, 3.63) is 57.8 Å². The van der Waals surface area contributed by atoms with Crippen LogP contribution in [0.5, 0.6) is 0 Å². The molecule has 0 fully saturated rings. The van der Waals surface area contributed by atoms with Gasteiger partial charge < -0.3 is 10.2 Å². The lowest BCUT2D eigenvalue weighted by Gasteiger charge is -2.27. The lowest BCUT2D eigenvalue weighted by Crippen LogP contribution is -2.43. The summed E-state index contributed by atoms with van der Waals surface area (Å²) in [7, 11) is 0. The van der Waals surface area contributed by atoms with E-state index in [-0.39, 0.29) is 17.8 Å². The highest BCUT2D eigenvalue weighted by atomic mass is 32.1. The highest BCUT2D eigenvalue weighted by Gasteiger charge is 2.20. The van der Waals surface area contributed by atoms with Crippen LogP contribution in [0.2, 0.25) is 0 Å². The van der Waals surface area contributed by atoms with Crippen LogP contribution in [0.25, 0.3) is 5.57 Å². The number of hydrogen-bond acceptors (Lipinski definition) is 3. The van der Waals surface area contributed by atoms with Gasteiger partial charge >= 0.3 is 6.03 Å². The maximum Gasteiger partial charge on any atom is 0.317 e. The molecule has 6 heteroatoms. The molecule has 0 spiro atoms. The normalized spacial score (nSPS) is 15.6. The van der Waals surface area contributed by atoms with Crippen molar-refractivity contribution in [2.24, 2.45) is 0 Å². The minimum Gasteiger partial charge on any atom is -0.337 e. The van der Waals surface area contributed by atoms with Crippen LogP contribution in [-0.4, -0.2) is 35.5 Å². The average molecular weight is 359 g/mol. The second-order valence-electron chi connectivity index (χ2n) is 6.32. The Kier molecular flexibility index (Phi) is 5.48. The third kappa shape index (κ3) is 4.25. The molecule has 1 aromatic carbocycles. The molecule has 0 saturated heterocycles. The van der Waals surface area contributed by atoms with Gasteiger partial charge in [-0.15, -0.1) is 11.3 Å². The van der Waals surface area contributed by atoms with Gasteiger partial charge in [-0.1, -0.05) is 31.2 Å². The zero-order valence-electron chi connectivity index (χ0n) is 14.5. The van der Waals surface area contributed by atoms with Crippen LogP contribution in [-0.2, 0) is 0 Å². The monoisotopic (exact) mass is 359 g/mol. The van der Waals surface area contributed by atoms with Gasteiger partial charge in [-0.2, -0.15) is 0 Å². The number of nitrogens with one attached hydrogen (secondary N) is 1. The van der Waals surface area contributed by atoms with Crippen LogP contribution in [0.4, 0.5) is 9.18 Å². The number of thiazole rings is 1. The number of hydrogen-bond donors (Lipinski definition) is 1. The van der Waals surface area contributed by atoms with Gasteiger partial charge in [0.1, 0.15) is 5.82 Å². The second kappa shape index (κ2) is 7.78. The van der Waals surface area contributed by atoms with Crippen molar-refractivity contribution in [2.45, 2.75) is 26.2 Å². The molecule has 4 nitrogen and oxygen atoms in total. The van der Waals surface area contributed by atoms with Crippen LogP contribution in [0, 0.1) is 12.7 Å². The standard InChI is InChI=1S/C19H22FN3OS/c1-13(18-22-14(2)12-25-18)11-21-19(24)23-9-7-15(8-10-23)16-5-3-4-6-17(16)20/h3-7,12-13H,8-11H2,1-2H3,(H,21,24). The van der Waals surface area contributed by atoms with E-state index in [2.05, 4.69) is 17.2 Å². The first-order chi connectivity index (χ1) is 12.0. The summed E-state index contributed by atoms with van der Waals surface area (Å²) in [5.41, 5.74) is 2.61. The Morgan fingerprint density at radius 1 is 1.44 bits per heavy atom. The fraction of sp³-hybridized carbons (Fsp3) is 0.368. The van der Waals surface area contributed by atoms with E-state index in [1.165, 1.54) is 6.07 Å². The van der Waals surface area contributed by atoms with E-state index < -0.39 is 0 Å². The molecule has 1 aliphatic rings. The summed E-state index contributed by atoms with van der Waals surface area (Å²) in [5.74, 6) is -0.0174. The smallest absolute Gasteiger partial charge is 0.317 e. The first-order valence-corrected chi connectivity index (χ1v) is 9.31. The molecule has 2 amide bonds. The first-order valence-electron chi connectivity index (χ1n) is 8.43. The van der Waals surface area contributed by atoms with Crippen LogP contribution < -0.4 is 5.32 Å². The Morgan fingerprint density at radius 2 is 2.24 bits per heavy atom. The molecule has 2 aromatic rings. The number of urea groups is 1. The minimum atomic E-state index is -0.209. The quantitative estimate of drug-likeness (QED) is 0.889. The zero-order chi connectivity index (χ0) is 17.8. The molecule has 0 saturated carbocycles. The number of benzene rings is 1. The van der Waals surface area contributed by atoms with Crippen molar-refractivity contribution in [3.63, 3.8) is 0 Å². The Bertz CT molecular complexity index is 786. The van der Waals surface area contributed by atoms with Crippen LogP contribution in [0.3, 0.4) is 0 Å². The number of rotatable bonds is 4. The predicted molar refractivity (Wildman–Crippen MR) is 99.2 cm³/mol. The van der Waals surface area contributed by atoms with Gasteiger partial charge in [0.25, 0.3) is 0 Å². The molecule has 1 N–H and O–H groups in total. The second-order valence-corrected chi connectivity index (χ2v) is 7.21. The highest BCUT2D eigenvalue weighted by molar-refractivity contribution is 7.09. The molecular weight excluding hydrogens is 337 g/mol. The minimum absolute atomic E-state index is 0.0797. The van der Waals surface area contributed by atoms with Gasteiger partial charge in [0.2, 0.25) is 0 Å². The topological polar surface area (TPSA) is 45.2 Å². The molecule has 25 heavy (non-hydrogen) atoms. The van der Waals surface area contributed by atoms with Crippen molar-refractivity contribution < 1.29 is 9.18 Å². The first kappa shape index (κ1) is 17.6. The Labute approximate surface area is 151 Å². The number of carbonyl (C=O) groups excluding carboxylic acids is 1. The van der Waals surface area contributed by atoms with Crippen molar-refractivity contribution in [3.8, 4) is 0 Å². The Balaban J connectivity index is 1.54. The number of amides is 2. The van der Waals surface area contributed by atoms with Gasteiger partial charge in [0.15, 0.2) is 0 Å². The fourth-order valence-electron chi connectivity index (χ4n) is 2.86. The third-order valence-corrected chi connectivity index (χ3v) is 5.53. The number of aromatic nitrogens is 1. The molecule has 3 rings (SSSR count). The summed E-state index contributed by atoms with van der Waals surface area (Å²) in [6.07, 6.45) is 2.60. The van der Waals surface area contributed by atoms with Crippen molar-refractivity contribution in [2.75, 3.05) is 19.6 Å². The van der Waals surface area contributed by atoms with Crippen LogP contribution in [0.15, 0.2) is 35.7 Å². The van der Waals surface area contributed by atoms with E-state index in [1.54, 1.807) is 28.4 Å². The summed E-state index contributed by atoms with van der Waals surface area (Å²) >= 11 is 1.62. The Hall–Kier alpha value is -2.21. The number of aryl methyl sites for hydroxylation is 1. The van der Waals surface area contributed by atoms with E-state index in [1.807, 2.05) is 24.4 Å². The SMILES string of the molecule is Cc1csc(C(C)CNC(=O)N2CC=C(c3ccccc3F)CC2)n1. The van der Waals surface area contributed by atoms with E-state index in [4.69, 9.17) is 0 Å². The summed E-state index contributed by atoms with van der Waals surface area (Å²) in [5, 5.41) is 6.04. The molecule has 132 valence electrons. The van der Waals surface area contributed by atoms with E-state index in [0.717, 1.165) is 16.3 Å². The molecule has 0 aliphatic carbocycles. The number of carbonyl (C=O) groups is 1. The van der Waals surface area contributed by atoms with Crippen molar-refractivity contribution in [1.82, 2.24) is 15.2 Å². The zero-order valence-corrected chi connectivity index (χ0v) is 15.3. The summed E-state index contributed by atoms with van der Waals surface area (Å²) in [4.78, 5) is 18.6. The van der Waals surface area contributed by atoms with Gasteiger partial charge in [-0.25, -0.2) is 14.2 Å². The summed E-state index contributed by atoms with van der Waals surface area (Å²) in [6.45, 7) is 5.69. The molecular formula is C19H22FN3OS. The van der Waals surface area contributed by atoms with Gasteiger partial charge in [-0.05, 0) is 25.0 Å². The third-order valence-electron chi connectivity index (χ3n) is 4.33. The molecule has 2 heterocycles. The predicted octanol–water partition coefficient (Wildman–Crippen LogP) is 4.19. The van der Waals surface area contributed by atoms with Crippen LogP contribution in [0.1, 0.15) is 35.5 Å². The molecule has 1 atom stereocenters. The van der Waals surface area contributed by atoms with Gasteiger partial charge in [0.05, 0.1) is 5.01 Å². The largest absolute Gasteiger partial charge is 0.337 e. The maximum atomic E-state index is 13.9. The number of nitrogens with zero attached hydrogens (tertiary/aromatic N) is 2. The Morgan fingerprint density at radius 3 is 2.88 bits per heavy atom. The van der Waals surface area contributed by atoms with E-state index in [9.17, 15) is 9.18 Å². The molecule has 1 aromatic heterocycles. The maximum absolute atomic E-state index is 13.9. The van der Waals surface area contributed by atoms with Crippen molar-refractivity contribution in [1.29, 1.82) is 0 Å². The molecule has 1 unspecified atom stereocenters.